The van der Waals surface area contributed by atoms with Gasteiger partial charge in [-0.25, -0.2) is 0 Å². The number of fused-ring (bicyclic) bond motifs is 1. The van der Waals surface area contributed by atoms with Crippen LogP contribution in [0.5, 0.6) is 0 Å². The monoisotopic (exact) mass is 328 g/mol. The first-order valence-electron chi connectivity index (χ1n) is 7.31. The standard InChI is InChI=1S/C17H17ClN4O/c1-10-7-12(17(2,3)4)16(21-23)15(8-10)22-19-13-6-5-11(18)9-14(13)20-22/h5-9H,1-4H3. The lowest BCUT2D eigenvalue weighted by Crippen LogP contribution is -2.13. The SMILES string of the molecule is Cc1cc(-n2nc3ccc(Cl)cc3n2)c(N=O)c(C(C)(C)C)c1. The third-order valence-corrected chi connectivity index (χ3v) is 3.93. The van der Waals surface area contributed by atoms with E-state index in [4.69, 9.17) is 11.6 Å². The minimum absolute atomic E-state index is 0.208. The lowest BCUT2D eigenvalue weighted by atomic mass is 9.84. The molecule has 0 atom stereocenters. The van der Waals surface area contributed by atoms with E-state index >= 15 is 0 Å². The molecule has 0 N–H and O–H groups in total. The zero-order valence-electron chi connectivity index (χ0n) is 13.5. The van der Waals surface area contributed by atoms with Crippen molar-refractivity contribution in [3.63, 3.8) is 0 Å². The fraction of sp³-hybridized carbons (Fsp3) is 0.294. The summed E-state index contributed by atoms with van der Waals surface area (Å²) in [4.78, 5) is 13.0. The highest BCUT2D eigenvalue weighted by atomic mass is 35.5. The summed E-state index contributed by atoms with van der Waals surface area (Å²) in [6, 6.07) is 9.16. The molecule has 0 bridgehead atoms. The Labute approximate surface area is 139 Å². The van der Waals surface area contributed by atoms with Crippen LogP contribution in [0.25, 0.3) is 16.7 Å². The van der Waals surface area contributed by atoms with Crippen LogP contribution in [0.3, 0.4) is 0 Å². The Hall–Kier alpha value is -2.27. The maximum atomic E-state index is 11.5. The molecular weight excluding hydrogens is 312 g/mol. The number of aryl methyl sites for hydroxylation is 1. The number of halogens is 1. The summed E-state index contributed by atoms with van der Waals surface area (Å²) in [7, 11) is 0. The van der Waals surface area contributed by atoms with Crippen LogP contribution in [0.1, 0.15) is 31.9 Å². The van der Waals surface area contributed by atoms with Crippen molar-refractivity contribution in [2.24, 2.45) is 5.18 Å². The van der Waals surface area contributed by atoms with Crippen molar-refractivity contribution in [3.05, 3.63) is 51.4 Å². The van der Waals surface area contributed by atoms with Crippen molar-refractivity contribution in [1.82, 2.24) is 15.0 Å². The average molecular weight is 329 g/mol. The molecular formula is C17H17ClN4O. The molecule has 118 valence electrons. The Morgan fingerprint density at radius 1 is 1.09 bits per heavy atom. The fourth-order valence-electron chi connectivity index (χ4n) is 2.58. The molecule has 6 heteroatoms. The molecule has 1 aromatic heterocycles. The molecule has 0 unspecified atom stereocenters. The van der Waals surface area contributed by atoms with Gasteiger partial charge in [0.1, 0.15) is 22.4 Å². The predicted molar refractivity (Wildman–Crippen MR) is 92.8 cm³/mol. The summed E-state index contributed by atoms with van der Waals surface area (Å²) >= 11 is 6.00. The van der Waals surface area contributed by atoms with E-state index in [9.17, 15) is 4.91 Å². The fourth-order valence-corrected chi connectivity index (χ4v) is 2.74. The van der Waals surface area contributed by atoms with Crippen molar-refractivity contribution in [2.75, 3.05) is 0 Å². The van der Waals surface area contributed by atoms with Gasteiger partial charge >= 0.3 is 0 Å². The van der Waals surface area contributed by atoms with Gasteiger partial charge < -0.3 is 0 Å². The van der Waals surface area contributed by atoms with Gasteiger partial charge in [-0.15, -0.1) is 19.9 Å². The maximum Gasteiger partial charge on any atom is 0.139 e. The van der Waals surface area contributed by atoms with Gasteiger partial charge in [-0.3, -0.25) is 0 Å². The summed E-state index contributed by atoms with van der Waals surface area (Å²) in [6.45, 7) is 8.13. The van der Waals surface area contributed by atoms with E-state index in [1.54, 1.807) is 18.2 Å². The van der Waals surface area contributed by atoms with E-state index in [0.29, 0.717) is 27.4 Å². The Kier molecular flexibility index (Phi) is 3.68. The van der Waals surface area contributed by atoms with Crippen LogP contribution in [0.15, 0.2) is 35.5 Å². The molecule has 3 rings (SSSR count). The van der Waals surface area contributed by atoms with Crippen LogP contribution >= 0.6 is 11.6 Å². The molecule has 0 aliphatic carbocycles. The largest absolute Gasteiger partial charge is 0.148 e. The highest BCUT2D eigenvalue weighted by molar-refractivity contribution is 6.31. The number of rotatable bonds is 2. The zero-order valence-corrected chi connectivity index (χ0v) is 14.2. The highest BCUT2D eigenvalue weighted by Gasteiger charge is 2.23. The summed E-state index contributed by atoms with van der Waals surface area (Å²) in [5.41, 5.74) is 4.03. The van der Waals surface area contributed by atoms with Crippen molar-refractivity contribution >= 4 is 28.3 Å². The second kappa shape index (κ2) is 5.42. The molecule has 0 fully saturated rings. The number of hydrogen-bond acceptors (Lipinski definition) is 4. The number of hydrogen-bond donors (Lipinski definition) is 0. The summed E-state index contributed by atoms with van der Waals surface area (Å²) < 4.78 is 0. The summed E-state index contributed by atoms with van der Waals surface area (Å²) in [5.74, 6) is 0. The van der Waals surface area contributed by atoms with Gasteiger partial charge in [0, 0.05) is 5.02 Å². The lowest BCUT2D eigenvalue weighted by Gasteiger charge is -2.22. The van der Waals surface area contributed by atoms with E-state index in [-0.39, 0.29) is 5.41 Å². The van der Waals surface area contributed by atoms with Crippen LogP contribution in [0.4, 0.5) is 5.69 Å². The topological polar surface area (TPSA) is 60.1 Å². The minimum Gasteiger partial charge on any atom is -0.148 e. The van der Waals surface area contributed by atoms with Gasteiger partial charge in [0.15, 0.2) is 0 Å². The van der Waals surface area contributed by atoms with E-state index in [0.717, 1.165) is 11.1 Å². The molecule has 1 heterocycles. The first-order chi connectivity index (χ1) is 10.8. The second-order valence-electron chi connectivity index (χ2n) is 6.64. The third-order valence-electron chi connectivity index (χ3n) is 3.69. The van der Waals surface area contributed by atoms with E-state index in [1.807, 2.05) is 39.8 Å². The van der Waals surface area contributed by atoms with E-state index < -0.39 is 0 Å². The first-order valence-corrected chi connectivity index (χ1v) is 7.69. The Morgan fingerprint density at radius 3 is 2.43 bits per heavy atom. The molecule has 3 aromatic rings. The Bertz CT molecular complexity index is 909. The molecule has 5 nitrogen and oxygen atoms in total. The first kappa shape index (κ1) is 15.6. The van der Waals surface area contributed by atoms with Gasteiger partial charge in [-0.1, -0.05) is 38.4 Å². The molecule has 0 amide bonds. The number of benzene rings is 2. The number of nitrogens with zero attached hydrogens (tertiary/aromatic N) is 4. The molecule has 0 radical (unpaired) electrons. The Balaban J connectivity index is 2.29. The van der Waals surface area contributed by atoms with Gasteiger partial charge in [0.25, 0.3) is 0 Å². The van der Waals surface area contributed by atoms with Crippen molar-refractivity contribution < 1.29 is 0 Å². The van der Waals surface area contributed by atoms with Crippen molar-refractivity contribution in [1.29, 1.82) is 0 Å². The quantitative estimate of drug-likeness (QED) is 0.616. The smallest absolute Gasteiger partial charge is 0.139 e. The average Bonchev–Trinajstić information content (AvgIpc) is 2.88. The zero-order chi connectivity index (χ0) is 16.8. The van der Waals surface area contributed by atoms with Crippen molar-refractivity contribution in [3.8, 4) is 5.69 Å². The number of nitroso groups, excluding NO2 is 1. The molecule has 0 saturated carbocycles. The van der Waals surface area contributed by atoms with Gasteiger partial charge in [0.05, 0.1) is 0 Å². The van der Waals surface area contributed by atoms with Crippen LogP contribution < -0.4 is 0 Å². The molecule has 0 saturated heterocycles. The van der Waals surface area contributed by atoms with E-state index in [1.165, 1.54) is 4.80 Å². The maximum absolute atomic E-state index is 11.5. The molecule has 23 heavy (non-hydrogen) atoms. The highest BCUT2D eigenvalue weighted by Crippen LogP contribution is 2.37. The molecule has 0 aliphatic heterocycles. The van der Waals surface area contributed by atoms with E-state index in [2.05, 4.69) is 15.4 Å². The Morgan fingerprint density at radius 2 is 1.78 bits per heavy atom. The number of aromatic nitrogens is 3. The van der Waals surface area contributed by atoms with Crippen LogP contribution in [0.2, 0.25) is 5.02 Å². The van der Waals surface area contributed by atoms with Crippen LogP contribution in [-0.4, -0.2) is 15.0 Å². The summed E-state index contributed by atoms with van der Waals surface area (Å²) in [5, 5.41) is 12.7. The van der Waals surface area contributed by atoms with Crippen molar-refractivity contribution in [2.45, 2.75) is 33.1 Å². The molecule has 0 spiro atoms. The molecule has 2 aromatic carbocycles. The van der Waals surface area contributed by atoms with Crippen LogP contribution in [-0.2, 0) is 5.41 Å². The normalized spacial score (nSPS) is 11.9. The second-order valence-corrected chi connectivity index (χ2v) is 7.08. The molecule has 0 aliphatic rings. The predicted octanol–water partition coefficient (Wildman–Crippen LogP) is 5.08. The third kappa shape index (κ3) is 2.84. The van der Waals surface area contributed by atoms with Gasteiger partial charge in [0.2, 0.25) is 0 Å². The van der Waals surface area contributed by atoms with Gasteiger partial charge in [-0.2, -0.15) is 0 Å². The lowest BCUT2D eigenvalue weighted by molar-refractivity contribution is 0.589. The minimum atomic E-state index is -0.208. The summed E-state index contributed by atoms with van der Waals surface area (Å²) in [6.07, 6.45) is 0. The van der Waals surface area contributed by atoms with Gasteiger partial charge in [-0.05, 0) is 52.9 Å². The van der Waals surface area contributed by atoms with Crippen LogP contribution in [0, 0.1) is 11.8 Å².